The van der Waals surface area contributed by atoms with E-state index in [1.54, 1.807) is 33.8 Å². The Hall–Kier alpha value is -5.29. The highest BCUT2D eigenvalue weighted by atomic mass is 16.3. The molecule has 0 bridgehead atoms. The van der Waals surface area contributed by atoms with E-state index in [1.807, 2.05) is 103 Å². The molecule has 10 heteroatoms. The molecule has 2 fully saturated rings. The average Bonchev–Trinajstić information content (AvgIpc) is 3.60. The molecule has 0 radical (unpaired) electrons. The molecule has 8 rings (SSSR count). The van der Waals surface area contributed by atoms with Crippen LogP contribution in [-0.2, 0) is 39.5 Å². The van der Waals surface area contributed by atoms with Gasteiger partial charge in [0.1, 0.15) is 5.54 Å². The summed E-state index contributed by atoms with van der Waals surface area (Å²) in [6.45, 7) is 4.15. The van der Waals surface area contributed by atoms with Crippen LogP contribution in [0.1, 0.15) is 48.4 Å². The molecule has 3 N–H and O–H groups in total. The molecule has 3 atom stereocenters. The number of nitrogens with one attached hydrogen (secondary N) is 1. The van der Waals surface area contributed by atoms with Gasteiger partial charge in [-0.2, -0.15) is 0 Å². The summed E-state index contributed by atoms with van der Waals surface area (Å²) >= 11 is 0. The van der Waals surface area contributed by atoms with Gasteiger partial charge in [0, 0.05) is 35.8 Å². The van der Waals surface area contributed by atoms with E-state index in [-0.39, 0.29) is 37.4 Å². The number of fused-ring (bicyclic) bond motifs is 2. The van der Waals surface area contributed by atoms with Crippen LogP contribution in [0.2, 0.25) is 0 Å². The summed E-state index contributed by atoms with van der Waals surface area (Å²) in [7, 11) is 0. The first-order chi connectivity index (χ1) is 26.2. The van der Waals surface area contributed by atoms with Gasteiger partial charge in [0.25, 0.3) is 11.8 Å². The minimum Gasteiger partial charge on any atom is -0.394 e. The molecule has 0 aromatic heterocycles. The minimum absolute atomic E-state index is 0.00906. The smallest absolute Gasteiger partial charge is 0.264 e. The van der Waals surface area contributed by atoms with Crippen LogP contribution in [0.15, 0.2) is 115 Å². The second-order valence-corrected chi connectivity index (χ2v) is 15.0. The van der Waals surface area contributed by atoms with Gasteiger partial charge in [-0.15, -0.1) is 0 Å². The van der Waals surface area contributed by atoms with Gasteiger partial charge in [0.05, 0.1) is 31.5 Å². The van der Waals surface area contributed by atoms with E-state index in [4.69, 9.17) is 0 Å². The number of para-hydroxylation sites is 1. The van der Waals surface area contributed by atoms with Crippen LogP contribution in [0.5, 0.6) is 0 Å². The Morgan fingerprint density at radius 3 is 2.30 bits per heavy atom. The van der Waals surface area contributed by atoms with Gasteiger partial charge in [-0.25, -0.2) is 0 Å². The number of nitrogens with zero attached hydrogens (tertiary/aromatic N) is 4. The van der Waals surface area contributed by atoms with Gasteiger partial charge >= 0.3 is 0 Å². The Morgan fingerprint density at radius 1 is 0.889 bits per heavy atom. The van der Waals surface area contributed by atoms with E-state index in [9.17, 15) is 24.6 Å². The fourth-order valence-corrected chi connectivity index (χ4v) is 8.87. The number of carbonyl (C=O) groups is 3. The lowest BCUT2D eigenvalue weighted by atomic mass is 9.82. The molecule has 3 amide bonds. The van der Waals surface area contributed by atoms with Crippen molar-refractivity contribution in [1.82, 2.24) is 10.2 Å². The highest BCUT2D eigenvalue weighted by molar-refractivity contribution is 6.10. The summed E-state index contributed by atoms with van der Waals surface area (Å²) in [5, 5.41) is 26.2. The molecule has 54 heavy (non-hydrogen) atoms. The van der Waals surface area contributed by atoms with Crippen molar-refractivity contribution in [3.63, 3.8) is 0 Å². The Labute approximate surface area is 316 Å². The summed E-state index contributed by atoms with van der Waals surface area (Å²) in [4.78, 5) is 49.9. The third-order valence-corrected chi connectivity index (χ3v) is 12.0. The van der Waals surface area contributed by atoms with Crippen LogP contribution >= 0.6 is 0 Å². The molecule has 4 aliphatic heterocycles. The van der Waals surface area contributed by atoms with Crippen LogP contribution < -0.4 is 20.0 Å². The molecule has 0 saturated carbocycles. The van der Waals surface area contributed by atoms with Crippen LogP contribution in [-0.4, -0.2) is 70.8 Å². The van der Waals surface area contributed by atoms with Crippen molar-refractivity contribution in [1.29, 1.82) is 0 Å². The standard InChI is InChI=1S/C44H47N5O5/c1-31(11-10-18-40(51)46-28-34-15-9-8-14-33(34)25-37(46)29-50)44(54)38-26-36(19-20-39(38)47(42(44)53)27-32-12-4-2-5-13-32)48-30-49(35-16-6-3-7-17-35)43(41(48)52)21-23-45-24-22-43/h2-17,19-20,26,31,37,45,50,54H,18,21-25,27-30H2,1H3/b11-10+/t31-,37+,44+/m1/s1. The second kappa shape index (κ2) is 14.5. The molecule has 10 nitrogen and oxygen atoms in total. The lowest BCUT2D eigenvalue weighted by Gasteiger charge is -2.39. The average molecular weight is 726 g/mol. The van der Waals surface area contributed by atoms with Crippen LogP contribution in [0, 0.1) is 5.92 Å². The lowest BCUT2D eigenvalue weighted by Crippen LogP contribution is -2.55. The molecule has 4 heterocycles. The predicted octanol–water partition coefficient (Wildman–Crippen LogP) is 4.88. The fraction of sp³-hybridized carbons (Fsp3) is 0.341. The van der Waals surface area contributed by atoms with Crippen molar-refractivity contribution in [2.24, 2.45) is 5.92 Å². The van der Waals surface area contributed by atoms with Gasteiger partial charge in [-0.05, 0) is 79.4 Å². The zero-order chi connectivity index (χ0) is 37.5. The zero-order valence-electron chi connectivity index (χ0n) is 30.6. The zero-order valence-corrected chi connectivity index (χ0v) is 30.6. The Morgan fingerprint density at radius 2 is 1.57 bits per heavy atom. The van der Waals surface area contributed by atoms with E-state index in [2.05, 4.69) is 10.2 Å². The monoisotopic (exact) mass is 725 g/mol. The van der Waals surface area contributed by atoms with Crippen LogP contribution in [0.25, 0.3) is 0 Å². The number of hydrogen-bond donors (Lipinski definition) is 3. The first-order valence-electron chi connectivity index (χ1n) is 19.0. The van der Waals surface area contributed by atoms with Gasteiger partial charge in [0.15, 0.2) is 5.60 Å². The summed E-state index contributed by atoms with van der Waals surface area (Å²) in [5.74, 6) is -1.29. The maximum atomic E-state index is 14.5. The number of piperidine rings is 1. The lowest BCUT2D eigenvalue weighted by molar-refractivity contribution is -0.139. The fourth-order valence-electron chi connectivity index (χ4n) is 8.87. The summed E-state index contributed by atoms with van der Waals surface area (Å²) in [5.41, 5.74) is 3.09. The topological polar surface area (TPSA) is 117 Å². The van der Waals surface area contributed by atoms with Crippen molar-refractivity contribution in [3.05, 3.63) is 138 Å². The summed E-state index contributed by atoms with van der Waals surface area (Å²) in [6.07, 6.45) is 5.44. The van der Waals surface area contributed by atoms with Crippen molar-refractivity contribution in [2.45, 2.75) is 62.9 Å². The van der Waals surface area contributed by atoms with Crippen molar-refractivity contribution in [2.75, 3.05) is 41.1 Å². The number of aliphatic hydroxyl groups is 2. The molecular weight excluding hydrogens is 679 g/mol. The Kier molecular flexibility index (Phi) is 9.60. The van der Waals surface area contributed by atoms with Gasteiger partial charge in [-0.3, -0.25) is 19.3 Å². The maximum Gasteiger partial charge on any atom is 0.264 e. The number of rotatable bonds is 9. The quantitative estimate of drug-likeness (QED) is 0.211. The summed E-state index contributed by atoms with van der Waals surface area (Å²) in [6, 6.07) is 32.9. The van der Waals surface area contributed by atoms with E-state index >= 15 is 0 Å². The number of aliphatic hydroxyl groups excluding tert-OH is 1. The second-order valence-electron chi connectivity index (χ2n) is 15.0. The third kappa shape index (κ3) is 6.08. The number of anilines is 3. The van der Waals surface area contributed by atoms with Crippen molar-refractivity contribution >= 4 is 34.8 Å². The SMILES string of the molecule is C[C@H](/C=C/CC(=O)N1Cc2ccccc2C[C@H]1CO)[C@@]1(O)C(=O)N(Cc2ccccc2)c2ccc(N3CN(c4ccccc4)C4(CCNCC4)C3=O)cc21. The summed E-state index contributed by atoms with van der Waals surface area (Å²) < 4.78 is 0. The number of amides is 3. The van der Waals surface area contributed by atoms with E-state index in [0.29, 0.717) is 49.4 Å². The maximum absolute atomic E-state index is 14.5. The normalized spacial score (nSPS) is 22.6. The largest absolute Gasteiger partial charge is 0.394 e. The molecule has 4 aromatic rings. The minimum atomic E-state index is -1.95. The highest BCUT2D eigenvalue weighted by Gasteiger charge is 2.55. The van der Waals surface area contributed by atoms with E-state index in [1.165, 1.54) is 0 Å². The Bertz CT molecular complexity index is 2070. The van der Waals surface area contributed by atoms with Gasteiger partial charge in [-0.1, -0.05) is 91.9 Å². The molecule has 0 unspecified atom stereocenters. The number of benzene rings is 4. The van der Waals surface area contributed by atoms with Gasteiger partial charge in [0.2, 0.25) is 5.91 Å². The van der Waals surface area contributed by atoms with Crippen LogP contribution in [0.3, 0.4) is 0 Å². The molecule has 278 valence electrons. The molecule has 0 aliphatic carbocycles. The third-order valence-electron chi connectivity index (χ3n) is 12.0. The first-order valence-corrected chi connectivity index (χ1v) is 19.0. The van der Waals surface area contributed by atoms with Crippen molar-refractivity contribution < 1.29 is 24.6 Å². The molecule has 2 saturated heterocycles. The van der Waals surface area contributed by atoms with Crippen LogP contribution in [0.4, 0.5) is 17.1 Å². The van der Waals surface area contributed by atoms with Gasteiger partial charge < -0.3 is 30.2 Å². The predicted molar refractivity (Wildman–Crippen MR) is 209 cm³/mol. The van der Waals surface area contributed by atoms with E-state index in [0.717, 1.165) is 35.5 Å². The number of carbonyl (C=O) groups excluding carboxylic acids is 3. The molecule has 4 aliphatic rings. The highest BCUT2D eigenvalue weighted by Crippen LogP contribution is 2.48. The van der Waals surface area contributed by atoms with E-state index < -0.39 is 23.0 Å². The van der Waals surface area contributed by atoms with Crippen molar-refractivity contribution in [3.8, 4) is 0 Å². The first kappa shape index (κ1) is 35.7. The molecule has 4 aromatic carbocycles. The molecular formula is C44H47N5O5. The number of hydrogen-bond acceptors (Lipinski definition) is 7. The molecule has 1 spiro atoms. The Balaban J connectivity index is 1.10.